The van der Waals surface area contributed by atoms with Crippen molar-refractivity contribution in [2.45, 2.75) is 0 Å². The van der Waals surface area contributed by atoms with Crippen molar-refractivity contribution in [3.05, 3.63) is 63.0 Å². The van der Waals surface area contributed by atoms with Crippen LogP contribution in [0.1, 0.15) is 15.9 Å². The van der Waals surface area contributed by atoms with Gasteiger partial charge in [-0.1, -0.05) is 18.2 Å². The van der Waals surface area contributed by atoms with Gasteiger partial charge in [0.2, 0.25) is 5.91 Å². The van der Waals surface area contributed by atoms with Crippen molar-refractivity contribution in [1.29, 1.82) is 0 Å². The molecule has 4 rings (SSSR count). The average molecular weight is 561 g/mol. The summed E-state index contributed by atoms with van der Waals surface area (Å²) in [7, 11) is 1.43. The third kappa shape index (κ3) is 5.75. The van der Waals surface area contributed by atoms with Gasteiger partial charge in [-0.3, -0.25) is 19.3 Å². The van der Waals surface area contributed by atoms with Crippen molar-refractivity contribution in [2.24, 2.45) is 0 Å². The number of imide groups is 1. The molecule has 0 saturated carbocycles. The predicted molar refractivity (Wildman–Crippen MR) is 132 cm³/mol. The number of hydrogen-bond acceptors (Lipinski definition) is 8. The molecule has 2 fully saturated rings. The number of carbonyl (C=O) groups is 4. The van der Waals surface area contributed by atoms with Gasteiger partial charge in [0, 0.05) is 17.6 Å². The minimum atomic E-state index is -0.561. The molecule has 2 saturated heterocycles. The second-order valence-corrected chi connectivity index (χ2v) is 9.39. The van der Waals surface area contributed by atoms with Crippen LogP contribution in [0.25, 0.3) is 6.08 Å². The van der Waals surface area contributed by atoms with Crippen LogP contribution in [0, 0.1) is 0 Å². The third-order valence-electron chi connectivity index (χ3n) is 5.31. The Morgan fingerprint density at radius 3 is 2.57 bits per heavy atom. The number of halogens is 1. The van der Waals surface area contributed by atoms with Crippen LogP contribution in [0.2, 0.25) is 0 Å². The van der Waals surface area contributed by atoms with Gasteiger partial charge in [-0.2, -0.15) is 0 Å². The summed E-state index contributed by atoms with van der Waals surface area (Å²) in [5.74, 6) is -0.912. The van der Waals surface area contributed by atoms with E-state index in [1.165, 1.54) is 13.2 Å². The summed E-state index contributed by atoms with van der Waals surface area (Å²) < 4.78 is 16.7. The molecule has 2 heterocycles. The molecule has 0 aliphatic carbocycles. The lowest BCUT2D eigenvalue weighted by Gasteiger charge is -2.28. The summed E-state index contributed by atoms with van der Waals surface area (Å²) >= 11 is 4.09. The zero-order valence-corrected chi connectivity index (χ0v) is 21.1. The molecule has 2 aliphatic rings. The average Bonchev–Trinajstić information content (AvgIpc) is 3.12. The first-order chi connectivity index (χ1) is 16.9. The Hall–Kier alpha value is -3.15. The summed E-state index contributed by atoms with van der Waals surface area (Å²) in [6, 6.07) is 11.7. The van der Waals surface area contributed by atoms with Crippen molar-refractivity contribution >= 4 is 56.8 Å². The summed E-state index contributed by atoms with van der Waals surface area (Å²) in [5.41, 5.74) is 0.923. The maximum Gasteiger partial charge on any atom is 0.344 e. The maximum atomic E-state index is 12.8. The van der Waals surface area contributed by atoms with E-state index in [0.29, 0.717) is 41.9 Å². The highest BCUT2D eigenvalue weighted by atomic mass is 79.9. The molecule has 0 N–H and O–H groups in total. The molecule has 2 aromatic rings. The first-order valence-electron chi connectivity index (χ1n) is 10.6. The predicted octanol–water partition coefficient (Wildman–Crippen LogP) is 3.57. The van der Waals surface area contributed by atoms with Crippen LogP contribution >= 0.6 is 27.7 Å². The summed E-state index contributed by atoms with van der Waals surface area (Å²) in [4.78, 5) is 52.9. The van der Waals surface area contributed by atoms with E-state index in [0.717, 1.165) is 16.7 Å². The van der Waals surface area contributed by atoms with E-state index in [4.69, 9.17) is 14.2 Å². The zero-order valence-electron chi connectivity index (χ0n) is 18.7. The third-order valence-corrected chi connectivity index (χ3v) is 6.91. The van der Waals surface area contributed by atoms with Crippen LogP contribution in [0.5, 0.6) is 11.5 Å². The van der Waals surface area contributed by atoms with E-state index in [2.05, 4.69) is 15.9 Å². The van der Waals surface area contributed by atoms with Crippen LogP contribution in [0.15, 0.2) is 51.8 Å². The lowest BCUT2D eigenvalue weighted by molar-refractivity contribution is -0.139. The van der Waals surface area contributed by atoms with Gasteiger partial charge in [0.05, 0.1) is 30.8 Å². The fourth-order valence-electron chi connectivity index (χ4n) is 3.48. The van der Waals surface area contributed by atoms with Crippen LogP contribution in [-0.2, 0) is 14.3 Å². The normalized spacial score (nSPS) is 17.1. The Morgan fingerprint density at radius 1 is 1.11 bits per heavy atom. The molecule has 182 valence electrons. The number of hydrogen-bond donors (Lipinski definition) is 0. The highest BCUT2D eigenvalue weighted by molar-refractivity contribution is 9.10. The topological polar surface area (TPSA) is 102 Å². The van der Waals surface area contributed by atoms with E-state index >= 15 is 0 Å². The van der Waals surface area contributed by atoms with Crippen molar-refractivity contribution in [1.82, 2.24) is 9.80 Å². The maximum absolute atomic E-state index is 12.8. The number of amides is 3. The molecule has 0 aromatic heterocycles. The standard InChI is InChI=1S/C24H21BrN2O7S/c1-32-19-12-15(6-7-18(19)34-23(30)16-4-2-3-5-17(16)25)13-20-22(29)27(24(31)35-20)14-21(28)26-8-10-33-11-9-26/h2-7,12-13H,8-11,14H2,1H3/b20-13-. The van der Waals surface area contributed by atoms with Crippen molar-refractivity contribution in [3.8, 4) is 11.5 Å². The fraction of sp³-hybridized carbons (Fsp3) is 0.250. The van der Waals surface area contributed by atoms with Crippen molar-refractivity contribution < 1.29 is 33.4 Å². The van der Waals surface area contributed by atoms with Gasteiger partial charge in [-0.25, -0.2) is 4.79 Å². The Labute approximate surface area is 214 Å². The van der Waals surface area contributed by atoms with Crippen LogP contribution in [-0.4, -0.2) is 72.8 Å². The fourth-order valence-corrected chi connectivity index (χ4v) is 4.76. The highest BCUT2D eigenvalue weighted by Gasteiger charge is 2.37. The van der Waals surface area contributed by atoms with Gasteiger partial charge < -0.3 is 19.1 Å². The first-order valence-corrected chi connectivity index (χ1v) is 12.2. The van der Waals surface area contributed by atoms with Gasteiger partial charge in [-0.15, -0.1) is 0 Å². The number of carbonyl (C=O) groups excluding carboxylic acids is 4. The molecule has 0 bridgehead atoms. The highest BCUT2D eigenvalue weighted by Crippen LogP contribution is 2.35. The minimum absolute atomic E-state index is 0.185. The number of morpholine rings is 1. The molecular formula is C24H21BrN2O7S. The minimum Gasteiger partial charge on any atom is -0.493 e. The van der Waals surface area contributed by atoms with Crippen LogP contribution in [0.3, 0.4) is 0 Å². The molecule has 0 radical (unpaired) electrons. The van der Waals surface area contributed by atoms with Gasteiger partial charge in [0.25, 0.3) is 11.1 Å². The van der Waals surface area contributed by atoms with E-state index in [9.17, 15) is 19.2 Å². The number of ether oxygens (including phenoxy) is 3. The monoisotopic (exact) mass is 560 g/mol. The van der Waals surface area contributed by atoms with Gasteiger partial charge >= 0.3 is 5.97 Å². The largest absolute Gasteiger partial charge is 0.493 e. The van der Waals surface area contributed by atoms with Crippen LogP contribution in [0.4, 0.5) is 4.79 Å². The molecule has 11 heteroatoms. The number of rotatable bonds is 6. The first kappa shape index (κ1) is 25.0. The second-order valence-electron chi connectivity index (χ2n) is 7.54. The summed E-state index contributed by atoms with van der Waals surface area (Å²) in [5, 5.41) is -0.506. The lowest BCUT2D eigenvalue weighted by atomic mass is 10.1. The Kier molecular flexibility index (Phi) is 7.89. The SMILES string of the molecule is COc1cc(/C=C2\SC(=O)N(CC(=O)N3CCOCC3)C2=O)ccc1OC(=O)c1ccccc1Br. The van der Waals surface area contributed by atoms with Crippen molar-refractivity contribution in [2.75, 3.05) is 40.0 Å². The number of methoxy groups -OCH3 is 1. The summed E-state index contributed by atoms with van der Waals surface area (Å²) in [6.45, 7) is 1.42. The number of benzene rings is 2. The Bertz CT molecular complexity index is 1210. The second kappa shape index (κ2) is 11.1. The van der Waals surface area contributed by atoms with E-state index in [-0.39, 0.29) is 28.9 Å². The molecule has 2 aliphatic heterocycles. The molecule has 0 atom stereocenters. The van der Waals surface area contributed by atoms with E-state index in [1.54, 1.807) is 47.4 Å². The summed E-state index contributed by atoms with van der Waals surface area (Å²) in [6.07, 6.45) is 1.53. The Morgan fingerprint density at radius 2 is 1.86 bits per heavy atom. The van der Waals surface area contributed by atoms with Gasteiger partial charge in [-0.05, 0) is 63.6 Å². The lowest BCUT2D eigenvalue weighted by Crippen LogP contribution is -2.46. The number of esters is 1. The molecule has 2 aromatic carbocycles. The van der Waals surface area contributed by atoms with Crippen LogP contribution < -0.4 is 9.47 Å². The molecule has 0 unspecified atom stereocenters. The van der Waals surface area contributed by atoms with Gasteiger partial charge in [0.1, 0.15) is 6.54 Å². The molecule has 9 nitrogen and oxygen atoms in total. The molecule has 0 spiro atoms. The van der Waals surface area contributed by atoms with Crippen molar-refractivity contribution in [3.63, 3.8) is 0 Å². The molecular weight excluding hydrogens is 540 g/mol. The number of thioether (sulfide) groups is 1. The molecule has 3 amide bonds. The Balaban J connectivity index is 1.47. The van der Waals surface area contributed by atoms with E-state index < -0.39 is 17.1 Å². The zero-order chi connectivity index (χ0) is 24.9. The van der Waals surface area contributed by atoms with Gasteiger partial charge in [0.15, 0.2) is 11.5 Å². The quantitative estimate of drug-likeness (QED) is 0.300. The van der Waals surface area contributed by atoms with E-state index in [1.807, 2.05) is 0 Å². The smallest absolute Gasteiger partial charge is 0.344 e. The number of nitrogens with zero attached hydrogens (tertiary/aromatic N) is 2. The molecule has 35 heavy (non-hydrogen) atoms.